The highest BCUT2D eigenvalue weighted by Crippen LogP contribution is 2.31. The number of carbonyl (C=O) groups excluding carboxylic acids is 1. The zero-order valence-electron chi connectivity index (χ0n) is 12.9. The smallest absolute Gasteiger partial charge is 0.106 e. The van der Waals surface area contributed by atoms with Gasteiger partial charge in [-0.2, -0.15) is 0 Å². The molecule has 0 saturated heterocycles. The number of hydrogen-bond acceptors (Lipinski definition) is 1. The molecule has 0 saturated carbocycles. The summed E-state index contributed by atoms with van der Waals surface area (Å²) in [5.74, 6) is 0.738. The molecule has 1 aliphatic rings. The van der Waals surface area contributed by atoms with Gasteiger partial charge in [0.05, 0.1) is 0 Å². The van der Waals surface area contributed by atoms with E-state index in [1.165, 1.54) is 56.9 Å². The van der Waals surface area contributed by atoms with Gasteiger partial charge in [0.15, 0.2) is 0 Å². The predicted octanol–water partition coefficient (Wildman–Crippen LogP) is 5.77. The Morgan fingerprint density at radius 2 is 1.81 bits per heavy atom. The van der Waals surface area contributed by atoms with Crippen molar-refractivity contribution < 1.29 is 4.79 Å². The summed E-state index contributed by atoms with van der Waals surface area (Å²) in [5.41, 5.74) is 4.62. The molecule has 1 atom stereocenters. The summed E-state index contributed by atoms with van der Waals surface area (Å²) in [4.78, 5) is 8.00. The lowest BCUT2D eigenvalue weighted by Crippen LogP contribution is -2.15. The summed E-state index contributed by atoms with van der Waals surface area (Å²) >= 11 is 0. The quantitative estimate of drug-likeness (QED) is 0.480. The van der Waals surface area contributed by atoms with Crippen molar-refractivity contribution in [1.29, 1.82) is 0 Å². The van der Waals surface area contributed by atoms with E-state index in [9.17, 15) is 0 Å². The van der Waals surface area contributed by atoms with Gasteiger partial charge in [0.25, 0.3) is 0 Å². The molecule has 118 valence electrons. The van der Waals surface area contributed by atoms with Crippen LogP contribution >= 0.6 is 0 Å². The molecule has 1 unspecified atom stereocenters. The van der Waals surface area contributed by atoms with Crippen LogP contribution in [0.1, 0.15) is 64.0 Å². The van der Waals surface area contributed by atoms with Crippen molar-refractivity contribution in [2.24, 2.45) is 5.92 Å². The molecule has 0 fully saturated rings. The monoisotopic (exact) mass is 288 g/mol. The SMILES string of the molecule is C.C=C(CCCCCC)C1CCc2ccccc2C1.C=O. The number of fused-ring (bicyclic) bond motifs is 1. The van der Waals surface area contributed by atoms with Gasteiger partial charge in [-0.25, -0.2) is 0 Å². The Labute approximate surface area is 131 Å². The van der Waals surface area contributed by atoms with Crippen LogP contribution in [0.3, 0.4) is 0 Å². The Bertz CT molecular complexity index is 408. The van der Waals surface area contributed by atoms with E-state index < -0.39 is 0 Å². The molecule has 0 heterocycles. The van der Waals surface area contributed by atoms with Crippen LogP contribution in [-0.4, -0.2) is 6.79 Å². The minimum atomic E-state index is 0. The number of benzene rings is 1. The van der Waals surface area contributed by atoms with E-state index in [0.29, 0.717) is 0 Å². The molecule has 0 N–H and O–H groups in total. The van der Waals surface area contributed by atoms with Gasteiger partial charge in [0.1, 0.15) is 6.79 Å². The van der Waals surface area contributed by atoms with Gasteiger partial charge in [-0.05, 0) is 49.1 Å². The van der Waals surface area contributed by atoms with Gasteiger partial charge >= 0.3 is 0 Å². The van der Waals surface area contributed by atoms with E-state index in [1.807, 2.05) is 6.79 Å². The number of unbranched alkanes of at least 4 members (excludes halogenated alkanes) is 3. The molecule has 0 aromatic heterocycles. The van der Waals surface area contributed by atoms with Crippen LogP contribution in [0.4, 0.5) is 0 Å². The van der Waals surface area contributed by atoms with E-state index in [4.69, 9.17) is 4.79 Å². The third kappa shape index (κ3) is 6.29. The highest BCUT2D eigenvalue weighted by atomic mass is 16.1. The maximum absolute atomic E-state index is 8.00. The molecular formula is C20H32O. The van der Waals surface area contributed by atoms with Gasteiger partial charge in [-0.3, -0.25) is 0 Å². The normalized spacial score (nSPS) is 16.0. The molecule has 1 aromatic rings. The second-order valence-corrected chi connectivity index (χ2v) is 5.68. The Morgan fingerprint density at radius 3 is 2.48 bits per heavy atom. The second-order valence-electron chi connectivity index (χ2n) is 5.68. The molecule has 1 heteroatoms. The summed E-state index contributed by atoms with van der Waals surface area (Å²) in [7, 11) is 0. The number of aryl methyl sites for hydroxylation is 1. The molecule has 0 aliphatic heterocycles. The first-order chi connectivity index (χ1) is 9.81. The minimum Gasteiger partial charge on any atom is -0.307 e. The molecule has 1 aliphatic carbocycles. The lowest BCUT2D eigenvalue weighted by Gasteiger charge is -2.26. The zero-order chi connectivity index (χ0) is 14.8. The molecule has 21 heavy (non-hydrogen) atoms. The van der Waals surface area contributed by atoms with E-state index >= 15 is 0 Å². The van der Waals surface area contributed by atoms with Gasteiger partial charge in [0.2, 0.25) is 0 Å². The van der Waals surface area contributed by atoms with Crippen LogP contribution in [0, 0.1) is 5.92 Å². The van der Waals surface area contributed by atoms with Gasteiger partial charge in [-0.1, -0.05) is 70.0 Å². The standard InChI is InChI=1S/C18H26.CH2O.CH4/c1-3-4-5-6-9-15(2)17-13-12-16-10-7-8-11-18(16)14-17;1-2;/h7-8,10-11,17H,2-6,9,12-14H2,1H3;1H2;1H4. The predicted molar refractivity (Wildman–Crippen MR) is 93.7 cm³/mol. The van der Waals surface area contributed by atoms with Gasteiger partial charge in [0, 0.05) is 0 Å². The first-order valence-electron chi connectivity index (χ1n) is 7.84. The fourth-order valence-electron chi connectivity index (χ4n) is 3.03. The van der Waals surface area contributed by atoms with Crippen molar-refractivity contribution in [1.82, 2.24) is 0 Å². The molecule has 0 bridgehead atoms. The fourth-order valence-corrected chi connectivity index (χ4v) is 3.03. The van der Waals surface area contributed by atoms with Gasteiger partial charge in [-0.15, -0.1) is 0 Å². The van der Waals surface area contributed by atoms with E-state index in [0.717, 1.165) is 5.92 Å². The number of carbonyl (C=O) groups is 1. The van der Waals surface area contributed by atoms with Crippen molar-refractivity contribution in [3.63, 3.8) is 0 Å². The first-order valence-corrected chi connectivity index (χ1v) is 7.84. The summed E-state index contributed by atoms with van der Waals surface area (Å²) in [5, 5.41) is 0. The van der Waals surface area contributed by atoms with Crippen LogP contribution in [0.2, 0.25) is 0 Å². The number of hydrogen-bond donors (Lipinski definition) is 0. The molecular weight excluding hydrogens is 256 g/mol. The van der Waals surface area contributed by atoms with Crippen molar-refractivity contribution in [2.75, 3.05) is 0 Å². The van der Waals surface area contributed by atoms with Crippen molar-refractivity contribution in [2.45, 2.75) is 65.7 Å². The minimum absolute atomic E-state index is 0. The molecule has 0 amide bonds. The topological polar surface area (TPSA) is 17.1 Å². The average molecular weight is 288 g/mol. The summed E-state index contributed by atoms with van der Waals surface area (Å²) in [6, 6.07) is 8.92. The summed E-state index contributed by atoms with van der Waals surface area (Å²) in [6.07, 6.45) is 10.4. The van der Waals surface area contributed by atoms with E-state index in [1.54, 1.807) is 11.1 Å². The largest absolute Gasteiger partial charge is 0.307 e. The molecule has 1 nitrogen and oxygen atoms in total. The highest BCUT2D eigenvalue weighted by molar-refractivity contribution is 5.31. The van der Waals surface area contributed by atoms with Crippen molar-refractivity contribution >= 4 is 6.79 Å². The van der Waals surface area contributed by atoms with Crippen LogP contribution in [0.5, 0.6) is 0 Å². The lowest BCUT2D eigenvalue weighted by atomic mass is 9.79. The Balaban J connectivity index is 0.00000128. The van der Waals surface area contributed by atoms with Crippen LogP contribution in [0.25, 0.3) is 0 Å². The molecule has 2 rings (SSSR count). The maximum Gasteiger partial charge on any atom is 0.106 e. The maximum atomic E-state index is 8.00. The van der Waals surface area contributed by atoms with E-state index in [2.05, 4.69) is 37.8 Å². The first kappa shape index (κ1) is 19.6. The van der Waals surface area contributed by atoms with E-state index in [-0.39, 0.29) is 7.43 Å². The van der Waals surface area contributed by atoms with Crippen LogP contribution < -0.4 is 0 Å². The molecule has 0 spiro atoms. The Hall–Kier alpha value is -1.37. The number of allylic oxidation sites excluding steroid dienone is 1. The van der Waals surface area contributed by atoms with Crippen LogP contribution in [-0.2, 0) is 17.6 Å². The lowest BCUT2D eigenvalue weighted by molar-refractivity contribution is -0.0979. The van der Waals surface area contributed by atoms with Crippen LogP contribution in [0.15, 0.2) is 36.4 Å². The highest BCUT2D eigenvalue weighted by Gasteiger charge is 2.19. The molecule has 1 aromatic carbocycles. The fraction of sp³-hybridized carbons (Fsp3) is 0.550. The zero-order valence-corrected chi connectivity index (χ0v) is 12.9. The average Bonchev–Trinajstić information content (AvgIpc) is 2.53. The van der Waals surface area contributed by atoms with Crippen molar-refractivity contribution in [3.05, 3.63) is 47.5 Å². The second kappa shape index (κ2) is 11.3. The third-order valence-corrected chi connectivity index (χ3v) is 4.28. The Morgan fingerprint density at radius 1 is 1.14 bits per heavy atom. The van der Waals surface area contributed by atoms with Gasteiger partial charge < -0.3 is 4.79 Å². The Kier molecular flexibility index (Phi) is 10.6. The van der Waals surface area contributed by atoms with Crippen molar-refractivity contribution in [3.8, 4) is 0 Å². The summed E-state index contributed by atoms with van der Waals surface area (Å²) in [6.45, 7) is 8.62. The molecule has 0 radical (unpaired) electrons. The summed E-state index contributed by atoms with van der Waals surface area (Å²) < 4.78 is 0. The third-order valence-electron chi connectivity index (χ3n) is 4.28. The number of rotatable bonds is 6.